The minimum Gasteiger partial charge on any atom is -0.490 e. The number of benzene rings is 3. The van der Waals surface area contributed by atoms with Crippen molar-refractivity contribution in [1.82, 2.24) is 9.66 Å². The minimum atomic E-state index is -0.243. The van der Waals surface area contributed by atoms with Crippen LogP contribution in [0, 0.1) is 0 Å². The maximum absolute atomic E-state index is 13.3. The Hall–Kier alpha value is -2.20. The van der Waals surface area contributed by atoms with Crippen LogP contribution < -0.4 is 15.0 Å². The molecule has 37 heavy (non-hydrogen) atoms. The summed E-state index contributed by atoms with van der Waals surface area (Å²) >= 11 is 17.2. The predicted molar refractivity (Wildman–Crippen MR) is 159 cm³/mol. The van der Waals surface area contributed by atoms with Gasteiger partial charge in [0.1, 0.15) is 17.5 Å². The van der Waals surface area contributed by atoms with Crippen molar-refractivity contribution in [3.63, 3.8) is 0 Å². The lowest BCUT2D eigenvalue weighted by molar-refractivity contribution is 0.269. The zero-order valence-corrected chi connectivity index (χ0v) is 25.6. The normalized spacial score (nSPS) is 11.4. The van der Waals surface area contributed by atoms with Gasteiger partial charge in [-0.05, 0) is 71.2 Å². The molecule has 1 aromatic heterocycles. The molecular weight excluding hydrogens is 689 g/mol. The maximum Gasteiger partial charge on any atom is 0.282 e. The Kier molecular flexibility index (Phi) is 9.45. The molecule has 0 N–H and O–H groups in total. The molecule has 4 aromatic rings. The first-order chi connectivity index (χ1) is 17.8. The van der Waals surface area contributed by atoms with Gasteiger partial charge in [0.15, 0.2) is 11.5 Å². The lowest BCUT2D eigenvalue weighted by atomic mass is 10.2. The van der Waals surface area contributed by atoms with Crippen molar-refractivity contribution in [3.8, 4) is 11.5 Å². The molecule has 0 saturated carbocycles. The van der Waals surface area contributed by atoms with Gasteiger partial charge in [0, 0.05) is 25.4 Å². The fourth-order valence-electron chi connectivity index (χ4n) is 3.65. The number of fused-ring (bicyclic) bond motifs is 1. The van der Waals surface area contributed by atoms with Gasteiger partial charge in [-0.3, -0.25) is 4.79 Å². The highest BCUT2D eigenvalue weighted by Crippen LogP contribution is 2.42. The average Bonchev–Trinajstić information content (AvgIpc) is 2.88. The number of rotatable bonds is 9. The Morgan fingerprint density at radius 1 is 1.03 bits per heavy atom. The first-order valence-corrected chi connectivity index (χ1v) is 14.4. The second kappa shape index (κ2) is 12.6. The molecule has 0 aliphatic carbocycles. The van der Waals surface area contributed by atoms with E-state index in [-0.39, 0.29) is 5.56 Å². The number of aromatic nitrogens is 2. The second-order valence-corrected chi connectivity index (χ2v) is 11.1. The van der Waals surface area contributed by atoms with Crippen LogP contribution in [0.3, 0.4) is 0 Å². The van der Waals surface area contributed by atoms with Crippen LogP contribution in [0.4, 0.5) is 0 Å². The third-order valence-electron chi connectivity index (χ3n) is 5.41. The number of nitrogens with zero attached hydrogens (tertiary/aromatic N) is 3. The van der Waals surface area contributed by atoms with Crippen molar-refractivity contribution in [3.05, 3.63) is 94.3 Å². The molecule has 1 heterocycles. The minimum absolute atomic E-state index is 0.243. The number of halogens is 4. The van der Waals surface area contributed by atoms with Crippen LogP contribution in [0.25, 0.3) is 10.9 Å². The van der Waals surface area contributed by atoms with Crippen molar-refractivity contribution in [2.45, 2.75) is 33.3 Å². The summed E-state index contributed by atoms with van der Waals surface area (Å²) in [5.41, 5.74) is 2.01. The van der Waals surface area contributed by atoms with E-state index in [0.29, 0.717) is 62.9 Å². The summed E-state index contributed by atoms with van der Waals surface area (Å²) in [6.07, 6.45) is 3.00. The molecule has 0 spiro atoms. The fourth-order valence-corrected chi connectivity index (χ4v) is 4.93. The van der Waals surface area contributed by atoms with E-state index in [1.54, 1.807) is 18.3 Å². The Balaban J connectivity index is 1.73. The average molecular weight is 713 g/mol. The van der Waals surface area contributed by atoms with Crippen molar-refractivity contribution in [2.75, 3.05) is 6.61 Å². The molecule has 0 fully saturated rings. The summed E-state index contributed by atoms with van der Waals surface area (Å²) < 4.78 is 15.6. The van der Waals surface area contributed by atoms with E-state index in [1.807, 2.05) is 50.2 Å². The zero-order valence-electron chi connectivity index (χ0n) is 20.1. The monoisotopic (exact) mass is 709 g/mol. The van der Waals surface area contributed by atoms with E-state index in [4.69, 9.17) is 21.1 Å². The number of ether oxygens (including phenoxy) is 2. The highest BCUT2D eigenvalue weighted by molar-refractivity contribution is 9.11. The van der Waals surface area contributed by atoms with Crippen LogP contribution in [0.2, 0.25) is 5.02 Å². The third-order valence-corrected chi connectivity index (χ3v) is 7.88. The van der Waals surface area contributed by atoms with Gasteiger partial charge in [0.2, 0.25) is 0 Å². The van der Waals surface area contributed by atoms with Gasteiger partial charge in [-0.1, -0.05) is 62.5 Å². The van der Waals surface area contributed by atoms with Gasteiger partial charge in [-0.25, -0.2) is 4.98 Å². The molecule has 0 amide bonds. The van der Waals surface area contributed by atoms with Gasteiger partial charge in [-0.15, -0.1) is 0 Å². The van der Waals surface area contributed by atoms with E-state index in [2.05, 4.69) is 57.9 Å². The summed E-state index contributed by atoms with van der Waals surface area (Å²) in [5.74, 6) is 1.49. The first-order valence-electron chi connectivity index (χ1n) is 11.6. The summed E-state index contributed by atoms with van der Waals surface area (Å²) in [6.45, 7) is 4.66. The summed E-state index contributed by atoms with van der Waals surface area (Å²) in [4.78, 5) is 18.0. The molecule has 0 unspecified atom stereocenters. The topological polar surface area (TPSA) is 65.7 Å². The Bertz CT molecular complexity index is 1520. The van der Waals surface area contributed by atoms with Crippen molar-refractivity contribution >= 4 is 76.5 Å². The number of hydrogen-bond acceptors (Lipinski definition) is 5. The van der Waals surface area contributed by atoms with E-state index in [9.17, 15) is 4.79 Å². The molecular formula is C27H23Br3ClN3O3. The highest BCUT2D eigenvalue weighted by Gasteiger charge is 2.18. The lowest BCUT2D eigenvalue weighted by Gasteiger charge is -2.16. The molecule has 0 aliphatic rings. The van der Waals surface area contributed by atoms with Crippen LogP contribution in [-0.2, 0) is 13.0 Å². The molecule has 0 radical (unpaired) electrons. The maximum atomic E-state index is 13.3. The highest BCUT2D eigenvalue weighted by atomic mass is 79.9. The summed E-state index contributed by atoms with van der Waals surface area (Å²) in [7, 11) is 0. The number of hydrogen-bond donors (Lipinski definition) is 0. The van der Waals surface area contributed by atoms with E-state index < -0.39 is 0 Å². The van der Waals surface area contributed by atoms with Crippen LogP contribution >= 0.6 is 59.4 Å². The van der Waals surface area contributed by atoms with Crippen LogP contribution in [0.5, 0.6) is 11.5 Å². The van der Waals surface area contributed by atoms with Crippen molar-refractivity contribution in [1.29, 1.82) is 0 Å². The van der Waals surface area contributed by atoms with Crippen molar-refractivity contribution in [2.24, 2.45) is 5.10 Å². The SMILES string of the molecule is CCCc1nc2ccc(Br)cc2c(=O)n1N=Cc1cc(OCC)c(OCc2ccc(Br)cc2)c(Cl)c1Br. The summed E-state index contributed by atoms with van der Waals surface area (Å²) in [5, 5.41) is 5.36. The van der Waals surface area contributed by atoms with E-state index in [0.717, 1.165) is 20.9 Å². The molecule has 10 heteroatoms. The quantitative estimate of drug-likeness (QED) is 0.165. The van der Waals surface area contributed by atoms with Gasteiger partial charge in [0.05, 0.1) is 23.7 Å². The van der Waals surface area contributed by atoms with E-state index >= 15 is 0 Å². The van der Waals surface area contributed by atoms with Gasteiger partial charge < -0.3 is 9.47 Å². The van der Waals surface area contributed by atoms with Gasteiger partial charge >= 0.3 is 0 Å². The molecule has 192 valence electrons. The third kappa shape index (κ3) is 6.45. The fraction of sp³-hybridized carbons (Fsp3) is 0.222. The van der Waals surface area contributed by atoms with Crippen molar-refractivity contribution < 1.29 is 9.47 Å². The largest absolute Gasteiger partial charge is 0.490 e. The molecule has 0 atom stereocenters. The summed E-state index contributed by atoms with van der Waals surface area (Å²) in [6, 6.07) is 15.1. The van der Waals surface area contributed by atoms with E-state index in [1.165, 1.54) is 4.68 Å². The smallest absolute Gasteiger partial charge is 0.282 e. The van der Waals surface area contributed by atoms with Crippen LogP contribution in [-0.4, -0.2) is 22.5 Å². The Morgan fingerprint density at radius 2 is 1.76 bits per heavy atom. The first kappa shape index (κ1) is 27.8. The molecule has 3 aromatic carbocycles. The second-order valence-electron chi connectivity index (χ2n) is 8.07. The Morgan fingerprint density at radius 3 is 2.46 bits per heavy atom. The van der Waals surface area contributed by atoms with Gasteiger partial charge in [0.25, 0.3) is 5.56 Å². The Labute approximate surface area is 245 Å². The molecule has 0 bridgehead atoms. The predicted octanol–water partition coefficient (Wildman–Crippen LogP) is 8.15. The number of aryl methyl sites for hydroxylation is 1. The van der Waals surface area contributed by atoms with Gasteiger partial charge in [-0.2, -0.15) is 9.78 Å². The lowest BCUT2D eigenvalue weighted by Crippen LogP contribution is -2.22. The molecule has 0 saturated heterocycles. The zero-order chi connectivity index (χ0) is 26.5. The molecule has 6 nitrogen and oxygen atoms in total. The van der Waals surface area contributed by atoms with Crippen LogP contribution in [0.15, 0.2) is 71.8 Å². The molecule has 4 rings (SSSR count). The van der Waals surface area contributed by atoms with Crippen LogP contribution in [0.1, 0.15) is 37.2 Å². The standard InChI is InChI=1S/C27H23Br3ClN3O3/c1-3-5-23-33-21-11-10-19(29)13-20(21)27(35)34(23)32-14-17-12-22(36-4-2)26(25(31)24(17)30)37-15-16-6-8-18(28)9-7-16/h6-14H,3-5,15H2,1-2H3. The molecule has 0 aliphatic heterocycles.